The van der Waals surface area contributed by atoms with Gasteiger partial charge >= 0.3 is 5.97 Å². The quantitative estimate of drug-likeness (QED) is 0.867. The van der Waals surface area contributed by atoms with Crippen LogP contribution in [-0.4, -0.2) is 48.5 Å². The molecule has 1 atom stereocenters. The van der Waals surface area contributed by atoms with Gasteiger partial charge in [0.05, 0.1) is 18.0 Å². The average molecular weight is 319 g/mol. The first kappa shape index (κ1) is 16.7. The van der Waals surface area contributed by atoms with Gasteiger partial charge in [-0.3, -0.25) is 14.2 Å². The van der Waals surface area contributed by atoms with E-state index in [1.165, 1.54) is 24.0 Å². The molecule has 1 N–H and O–H groups in total. The highest BCUT2D eigenvalue weighted by molar-refractivity contribution is 5.93. The number of nitrogens with zero attached hydrogens (tertiary/aromatic N) is 5. The Labute approximate surface area is 134 Å². The normalized spacial score (nSPS) is 12.2. The molecule has 2 heterocycles. The number of aryl methyl sites for hydroxylation is 1. The van der Waals surface area contributed by atoms with Gasteiger partial charge in [-0.2, -0.15) is 10.2 Å². The SMILES string of the molecule is CCn1ncc(CN(C)C(=O)c2cnn(C(C)C(=O)O)c2)c1C. The van der Waals surface area contributed by atoms with Crippen molar-refractivity contribution in [3.63, 3.8) is 0 Å². The third kappa shape index (κ3) is 3.41. The molecule has 0 fully saturated rings. The monoisotopic (exact) mass is 319 g/mol. The van der Waals surface area contributed by atoms with Crippen LogP contribution in [0.2, 0.25) is 0 Å². The van der Waals surface area contributed by atoms with Gasteiger partial charge in [-0.15, -0.1) is 0 Å². The lowest BCUT2D eigenvalue weighted by atomic mass is 10.2. The van der Waals surface area contributed by atoms with Gasteiger partial charge in [-0.1, -0.05) is 0 Å². The van der Waals surface area contributed by atoms with Crippen molar-refractivity contribution in [3.8, 4) is 0 Å². The van der Waals surface area contributed by atoms with E-state index in [0.29, 0.717) is 12.1 Å². The molecule has 0 aliphatic carbocycles. The van der Waals surface area contributed by atoms with Crippen LogP contribution in [0.25, 0.3) is 0 Å². The molecule has 124 valence electrons. The summed E-state index contributed by atoms with van der Waals surface area (Å²) in [6.45, 7) is 6.71. The van der Waals surface area contributed by atoms with E-state index in [1.54, 1.807) is 18.1 Å². The minimum Gasteiger partial charge on any atom is -0.480 e. The molecule has 2 aromatic rings. The number of carbonyl (C=O) groups excluding carboxylic acids is 1. The maximum atomic E-state index is 12.4. The largest absolute Gasteiger partial charge is 0.480 e. The van der Waals surface area contributed by atoms with Crippen LogP contribution < -0.4 is 0 Å². The van der Waals surface area contributed by atoms with Gasteiger partial charge in [0.1, 0.15) is 6.04 Å². The molecule has 2 rings (SSSR count). The van der Waals surface area contributed by atoms with Crippen LogP contribution in [0.15, 0.2) is 18.6 Å². The van der Waals surface area contributed by atoms with Crippen molar-refractivity contribution in [1.29, 1.82) is 0 Å². The fourth-order valence-corrected chi connectivity index (χ4v) is 2.28. The summed E-state index contributed by atoms with van der Waals surface area (Å²) in [7, 11) is 1.70. The molecule has 0 bridgehead atoms. The fourth-order valence-electron chi connectivity index (χ4n) is 2.28. The van der Waals surface area contributed by atoms with Crippen molar-refractivity contribution < 1.29 is 14.7 Å². The van der Waals surface area contributed by atoms with Crippen molar-refractivity contribution in [1.82, 2.24) is 24.5 Å². The highest BCUT2D eigenvalue weighted by Crippen LogP contribution is 2.13. The summed E-state index contributed by atoms with van der Waals surface area (Å²) in [5.41, 5.74) is 2.37. The maximum Gasteiger partial charge on any atom is 0.328 e. The number of hydrogen-bond acceptors (Lipinski definition) is 4. The molecule has 1 amide bonds. The van der Waals surface area contributed by atoms with E-state index in [4.69, 9.17) is 5.11 Å². The summed E-state index contributed by atoms with van der Waals surface area (Å²) < 4.78 is 3.14. The molecule has 0 saturated carbocycles. The molecule has 0 aliphatic heterocycles. The van der Waals surface area contributed by atoms with Crippen molar-refractivity contribution >= 4 is 11.9 Å². The highest BCUT2D eigenvalue weighted by Gasteiger charge is 2.19. The number of hydrogen-bond donors (Lipinski definition) is 1. The summed E-state index contributed by atoms with van der Waals surface area (Å²) in [4.78, 5) is 25.0. The Hall–Kier alpha value is -2.64. The molecule has 0 radical (unpaired) electrons. The number of carbonyl (C=O) groups is 2. The van der Waals surface area contributed by atoms with Gasteiger partial charge in [-0.25, -0.2) is 4.79 Å². The minimum absolute atomic E-state index is 0.211. The second-order valence-electron chi connectivity index (χ2n) is 5.46. The molecule has 8 nitrogen and oxygen atoms in total. The second kappa shape index (κ2) is 6.64. The fraction of sp³-hybridized carbons (Fsp3) is 0.467. The van der Waals surface area contributed by atoms with Crippen LogP contribution in [0.3, 0.4) is 0 Å². The van der Waals surface area contributed by atoms with Crippen LogP contribution >= 0.6 is 0 Å². The molecule has 0 aliphatic rings. The number of aliphatic carboxylic acids is 1. The summed E-state index contributed by atoms with van der Waals surface area (Å²) in [5.74, 6) is -1.21. The third-order valence-corrected chi connectivity index (χ3v) is 3.86. The van der Waals surface area contributed by atoms with Crippen LogP contribution in [0.5, 0.6) is 0 Å². The maximum absolute atomic E-state index is 12.4. The highest BCUT2D eigenvalue weighted by atomic mass is 16.4. The number of carboxylic acids is 1. The molecular formula is C15H21N5O3. The molecule has 0 saturated heterocycles. The van der Waals surface area contributed by atoms with E-state index in [0.717, 1.165) is 17.8 Å². The molecule has 8 heteroatoms. The van der Waals surface area contributed by atoms with E-state index < -0.39 is 12.0 Å². The molecule has 0 aromatic carbocycles. The Morgan fingerprint density at radius 2 is 2.04 bits per heavy atom. The molecule has 1 unspecified atom stereocenters. The summed E-state index contributed by atoms with van der Waals surface area (Å²) in [6, 6.07) is -0.813. The Bertz CT molecular complexity index is 719. The molecular weight excluding hydrogens is 298 g/mol. The van der Waals surface area contributed by atoms with Gasteiger partial charge in [0.2, 0.25) is 0 Å². The molecule has 23 heavy (non-hydrogen) atoms. The van der Waals surface area contributed by atoms with Gasteiger partial charge in [0.15, 0.2) is 0 Å². The van der Waals surface area contributed by atoms with Crippen molar-refractivity contribution in [3.05, 3.63) is 35.4 Å². The second-order valence-corrected chi connectivity index (χ2v) is 5.46. The standard InChI is InChI=1S/C15H21N5O3/c1-5-19-10(2)12(6-16-19)8-18(4)14(21)13-7-17-20(9-13)11(3)15(22)23/h6-7,9,11H,5,8H2,1-4H3,(H,22,23). The van der Waals surface area contributed by atoms with E-state index in [-0.39, 0.29) is 5.91 Å². The van der Waals surface area contributed by atoms with Crippen molar-refractivity contribution in [2.45, 2.75) is 39.9 Å². The number of carboxylic acid groups (broad SMARTS) is 1. The van der Waals surface area contributed by atoms with E-state index in [9.17, 15) is 9.59 Å². The topological polar surface area (TPSA) is 93.3 Å². The van der Waals surface area contributed by atoms with Gasteiger partial charge < -0.3 is 10.0 Å². The van der Waals surface area contributed by atoms with Crippen LogP contribution in [-0.2, 0) is 17.9 Å². The zero-order chi connectivity index (χ0) is 17.1. The van der Waals surface area contributed by atoms with Crippen LogP contribution in [0, 0.1) is 6.92 Å². The van der Waals surface area contributed by atoms with E-state index in [1.807, 2.05) is 18.5 Å². The van der Waals surface area contributed by atoms with Crippen LogP contribution in [0.4, 0.5) is 0 Å². The smallest absolute Gasteiger partial charge is 0.328 e. The summed E-state index contributed by atoms with van der Waals surface area (Å²) >= 11 is 0. The minimum atomic E-state index is -0.997. The number of rotatable bonds is 6. The van der Waals surface area contributed by atoms with Gasteiger partial charge in [0.25, 0.3) is 5.91 Å². The van der Waals surface area contributed by atoms with Gasteiger partial charge in [-0.05, 0) is 20.8 Å². The van der Waals surface area contributed by atoms with E-state index >= 15 is 0 Å². The zero-order valence-electron chi connectivity index (χ0n) is 13.7. The van der Waals surface area contributed by atoms with E-state index in [2.05, 4.69) is 10.2 Å². The van der Waals surface area contributed by atoms with Crippen LogP contribution in [0.1, 0.15) is 41.5 Å². The Morgan fingerprint density at radius 1 is 1.35 bits per heavy atom. The van der Waals surface area contributed by atoms with Crippen molar-refractivity contribution in [2.24, 2.45) is 0 Å². The predicted molar refractivity (Wildman–Crippen MR) is 83.0 cm³/mol. The average Bonchev–Trinajstić information content (AvgIpc) is 3.13. The Balaban J connectivity index is 2.10. The zero-order valence-corrected chi connectivity index (χ0v) is 13.7. The third-order valence-electron chi connectivity index (χ3n) is 3.86. The summed E-state index contributed by atoms with van der Waals surface area (Å²) in [6.07, 6.45) is 4.61. The first-order valence-corrected chi connectivity index (χ1v) is 7.38. The lowest BCUT2D eigenvalue weighted by Gasteiger charge is -2.16. The lowest BCUT2D eigenvalue weighted by Crippen LogP contribution is -2.26. The number of aromatic nitrogens is 4. The van der Waals surface area contributed by atoms with Crippen molar-refractivity contribution in [2.75, 3.05) is 7.05 Å². The number of amides is 1. The lowest BCUT2D eigenvalue weighted by molar-refractivity contribution is -0.140. The first-order chi connectivity index (χ1) is 10.8. The first-order valence-electron chi connectivity index (χ1n) is 7.38. The Kier molecular flexibility index (Phi) is 4.83. The predicted octanol–water partition coefficient (Wildman–Crippen LogP) is 1.33. The summed E-state index contributed by atoms with van der Waals surface area (Å²) in [5, 5.41) is 17.2. The van der Waals surface area contributed by atoms with Gasteiger partial charge in [0, 0.05) is 37.6 Å². The molecule has 0 spiro atoms. The molecule has 2 aromatic heterocycles. The Morgan fingerprint density at radius 3 is 2.61 bits per heavy atom.